The van der Waals surface area contributed by atoms with Crippen molar-refractivity contribution in [2.75, 3.05) is 13.2 Å². The van der Waals surface area contributed by atoms with Crippen molar-refractivity contribution in [3.63, 3.8) is 0 Å². The van der Waals surface area contributed by atoms with Crippen molar-refractivity contribution in [2.45, 2.75) is 75.4 Å². The van der Waals surface area contributed by atoms with E-state index in [1.165, 1.54) is 6.92 Å². The molecule has 0 spiro atoms. The second-order valence-electron chi connectivity index (χ2n) is 8.38. The summed E-state index contributed by atoms with van der Waals surface area (Å²) in [5, 5.41) is 22.7. The van der Waals surface area contributed by atoms with E-state index in [1.54, 1.807) is 18.7 Å². The molecule has 5 N–H and O–H groups in total. The minimum Gasteiger partial charge on any atom is -0.450 e. The van der Waals surface area contributed by atoms with E-state index in [1.807, 2.05) is 0 Å². The fraction of sp³-hybridized carbons (Fsp3) is 0.850. The van der Waals surface area contributed by atoms with E-state index < -0.39 is 18.2 Å². The Balaban J connectivity index is 1.65. The molecule has 2 heterocycles. The molecule has 0 bridgehead atoms. The SMILES string of the molecule is CCOC(=O)NC(=O)C1C(NC(O)C2CCNC(NC(C)=O)C2)SC2CCCCC21. The minimum atomic E-state index is -0.793. The van der Waals surface area contributed by atoms with E-state index in [0.29, 0.717) is 18.2 Å². The van der Waals surface area contributed by atoms with Gasteiger partial charge in [0.25, 0.3) is 0 Å². The van der Waals surface area contributed by atoms with E-state index in [4.69, 9.17) is 4.74 Å². The molecule has 30 heavy (non-hydrogen) atoms. The van der Waals surface area contributed by atoms with Gasteiger partial charge in [-0.15, -0.1) is 11.8 Å². The number of piperidine rings is 1. The first kappa shape index (κ1) is 23.3. The maximum atomic E-state index is 12.9. The molecule has 0 radical (unpaired) electrons. The number of hydrogen-bond donors (Lipinski definition) is 5. The summed E-state index contributed by atoms with van der Waals surface area (Å²) in [4.78, 5) is 36.1. The minimum absolute atomic E-state index is 0.0416. The van der Waals surface area contributed by atoms with E-state index >= 15 is 0 Å². The van der Waals surface area contributed by atoms with Crippen molar-refractivity contribution in [2.24, 2.45) is 17.8 Å². The van der Waals surface area contributed by atoms with Gasteiger partial charge in [-0.1, -0.05) is 12.8 Å². The lowest BCUT2D eigenvalue weighted by molar-refractivity contribution is -0.126. The van der Waals surface area contributed by atoms with Gasteiger partial charge in [-0.05, 0) is 45.1 Å². The van der Waals surface area contributed by atoms with E-state index in [2.05, 4.69) is 21.3 Å². The lowest BCUT2D eigenvalue weighted by Crippen LogP contribution is -2.55. The van der Waals surface area contributed by atoms with Crippen molar-refractivity contribution in [1.29, 1.82) is 0 Å². The number of alkyl carbamates (subject to hydrolysis) is 1. The molecule has 0 aromatic carbocycles. The van der Waals surface area contributed by atoms with Crippen LogP contribution in [-0.2, 0) is 14.3 Å². The number of aliphatic hydroxyl groups is 1. The molecule has 3 fully saturated rings. The monoisotopic (exact) mass is 442 g/mol. The van der Waals surface area contributed by atoms with Gasteiger partial charge in [0.1, 0.15) is 6.23 Å². The van der Waals surface area contributed by atoms with Gasteiger partial charge >= 0.3 is 6.09 Å². The van der Waals surface area contributed by atoms with Crippen LogP contribution in [0.15, 0.2) is 0 Å². The number of carbonyl (C=O) groups excluding carboxylic acids is 3. The molecule has 2 saturated heterocycles. The van der Waals surface area contributed by atoms with Crippen molar-refractivity contribution in [1.82, 2.24) is 21.3 Å². The van der Waals surface area contributed by atoms with Crippen LogP contribution in [0.1, 0.15) is 52.4 Å². The molecule has 9 nitrogen and oxygen atoms in total. The average molecular weight is 443 g/mol. The summed E-state index contributed by atoms with van der Waals surface area (Å²) in [7, 11) is 0. The molecule has 3 aliphatic rings. The number of aliphatic hydroxyl groups excluding tert-OH is 1. The Hall–Kier alpha value is -1.36. The Bertz CT molecular complexity index is 636. The van der Waals surface area contributed by atoms with Crippen LogP contribution in [0.25, 0.3) is 0 Å². The smallest absolute Gasteiger partial charge is 0.413 e. The van der Waals surface area contributed by atoms with Gasteiger partial charge in [-0.2, -0.15) is 0 Å². The van der Waals surface area contributed by atoms with Gasteiger partial charge in [0, 0.05) is 18.1 Å². The first-order valence-electron chi connectivity index (χ1n) is 11.0. The Morgan fingerprint density at radius 1 is 1.23 bits per heavy atom. The van der Waals surface area contributed by atoms with Crippen LogP contribution in [0.5, 0.6) is 0 Å². The standard InChI is InChI=1S/C20H34N4O5S/c1-3-29-20(28)24-18(27)16-13-6-4-5-7-14(13)30-19(16)23-17(26)12-8-9-21-15(10-12)22-11(2)25/h12-17,19,21,23,26H,3-10H2,1-2H3,(H,22,25)(H,24,27,28). The number of rotatable bonds is 6. The molecule has 2 aliphatic heterocycles. The summed E-state index contributed by atoms with van der Waals surface area (Å²) in [6.45, 7) is 4.07. The molecule has 170 valence electrons. The first-order valence-corrected chi connectivity index (χ1v) is 11.9. The zero-order valence-electron chi connectivity index (χ0n) is 17.7. The number of amides is 3. The third-order valence-electron chi connectivity index (χ3n) is 6.27. The number of fused-ring (bicyclic) bond motifs is 1. The van der Waals surface area contributed by atoms with Crippen LogP contribution >= 0.6 is 11.8 Å². The molecular weight excluding hydrogens is 408 g/mol. The zero-order chi connectivity index (χ0) is 21.7. The largest absolute Gasteiger partial charge is 0.450 e. The predicted molar refractivity (Wildman–Crippen MR) is 113 cm³/mol. The topological polar surface area (TPSA) is 129 Å². The van der Waals surface area contributed by atoms with Crippen LogP contribution in [0.3, 0.4) is 0 Å². The van der Waals surface area contributed by atoms with Gasteiger partial charge in [0.15, 0.2) is 0 Å². The second-order valence-corrected chi connectivity index (χ2v) is 9.77. The summed E-state index contributed by atoms with van der Waals surface area (Å²) in [5.74, 6) is -0.696. The second kappa shape index (κ2) is 10.8. The molecule has 10 heteroatoms. The van der Waals surface area contributed by atoms with E-state index in [-0.39, 0.29) is 41.8 Å². The van der Waals surface area contributed by atoms with Gasteiger partial charge in [-0.3, -0.25) is 25.5 Å². The average Bonchev–Trinajstić information content (AvgIpc) is 3.05. The van der Waals surface area contributed by atoms with Gasteiger partial charge in [0.05, 0.1) is 24.1 Å². The Kier molecular flexibility index (Phi) is 8.38. The summed E-state index contributed by atoms with van der Waals surface area (Å²) < 4.78 is 4.87. The summed E-state index contributed by atoms with van der Waals surface area (Å²) in [5.41, 5.74) is 0. The predicted octanol–water partition coefficient (Wildman–Crippen LogP) is 0.877. The van der Waals surface area contributed by atoms with Crippen LogP contribution in [-0.4, -0.2) is 59.2 Å². The Morgan fingerprint density at radius 3 is 2.73 bits per heavy atom. The van der Waals surface area contributed by atoms with Gasteiger partial charge in [-0.25, -0.2) is 4.79 Å². The molecule has 0 aromatic rings. The maximum Gasteiger partial charge on any atom is 0.413 e. The highest BCUT2D eigenvalue weighted by Gasteiger charge is 2.49. The van der Waals surface area contributed by atoms with Crippen LogP contribution in [0.2, 0.25) is 0 Å². The quantitative estimate of drug-likeness (QED) is 0.384. The number of carbonyl (C=O) groups is 3. The summed E-state index contributed by atoms with van der Waals surface area (Å²) in [6.07, 6.45) is 3.91. The third-order valence-corrected chi connectivity index (χ3v) is 7.93. The number of nitrogens with one attached hydrogen (secondary N) is 4. The summed E-state index contributed by atoms with van der Waals surface area (Å²) >= 11 is 1.71. The van der Waals surface area contributed by atoms with E-state index in [9.17, 15) is 19.5 Å². The fourth-order valence-corrected chi connectivity index (χ4v) is 6.82. The van der Waals surface area contributed by atoms with Crippen molar-refractivity contribution < 1.29 is 24.2 Å². The number of thioether (sulfide) groups is 1. The number of hydrogen-bond acceptors (Lipinski definition) is 8. The molecule has 3 amide bonds. The van der Waals surface area contributed by atoms with E-state index in [0.717, 1.165) is 32.1 Å². The van der Waals surface area contributed by atoms with Crippen molar-refractivity contribution in [3.8, 4) is 0 Å². The molecule has 7 atom stereocenters. The fourth-order valence-electron chi connectivity index (χ4n) is 4.92. The summed E-state index contributed by atoms with van der Waals surface area (Å²) in [6, 6.07) is 0. The highest BCUT2D eigenvalue weighted by atomic mass is 32.2. The molecule has 3 rings (SSSR count). The number of ether oxygens (including phenoxy) is 1. The number of imide groups is 1. The van der Waals surface area contributed by atoms with Crippen molar-refractivity contribution in [3.05, 3.63) is 0 Å². The lowest BCUT2D eigenvalue weighted by Gasteiger charge is -2.35. The molecular formula is C20H34N4O5S. The van der Waals surface area contributed by atoms with Crippen LogP contribution in [0, 0.1) is 17.8 Å². The third kappa shape index (κ3) is 5.87. The highest BCUT2D eigenvalue weighted by Crippen LogP contribution is 2.49. The highest BCUT2D eigenvalue weighted by molar-refractivity contribution is 8.00. The molecule has 1 saturated carbocycles. The Labute approximate surface area is 181 Å². The lowest BCUT2D eigenvalue weighted by atomic mass is 9.79. The molecule has 1 aliphatic carbocycles. The maximum absolute atomic E-state index is 12.9. The Morgan fingerprint density at radius 2 is 2.00 bits per heavy atom. The van der Waals surface area contributed by atoms with Crippen LogP contribution < -0.4 is 21.3 Å². The van der Waals surface area contributed by atoms with Gasteiger partial charge in [0.2, 0.25) is 11.8 Å². The van der Waals surface area contributed by atoms with Crippen molar-refractivity contribution >= 4 is 29.7 Å². The first-order chi connectivity index (χ1) is 14.4. The normalized spacial score (nSPS) is 34.5. The van der Waals surface area contributed by atoms with Crippen LogP contribution in [0.4, 0.5) is 4.79 Å². The molecule has 7 unspecified atom stereocenters. The van der Waals surface area contributed by atoms with Gasteiger partial charge < -0.3 is 15.2 Å². The zero-order valence-corrected chi connectivity index (χ0v) is 18.5. The molecule has 0 aromatic heterocycles.